The number of halogens is 1. The van der Waals surface area contributed by atoms with Crippen molar-refractivity contribution in [3.05, 3.63) is 66.1 Å². The summed E-state index contributed by atoms with van der Waals surface area (Å²) in [5.41, 5.74) is 1.88. The first-order chi connectivity index (χ1) is 11.1. The molecule has 3 rings (SSSR count). The molecule has 1 heterocycles. The van der Waals surface area contributed by atoms with Gasteiger partial charge < -0.3 is 9.88 Å². The number of para-hydroxylation sites is 1. The van der Waals surface area contributed by atoms with Crippen molar-refractivity contribution in [3.8, 4) is 0 Å². The third-order valence-corrected chi connectivity index (χ3v) is 3.81. The third kappa shape index (κ3) is 2.85. The van der Waals surface area contributed by atoms with E-state index in [1.54, 1.807) is 17.7 Å². The quantitative estimate of drug-likeness (QED) is 0.745. The monoisotopic (exact) mass is 310 g/mol. The van der Waals surface area contributed by atoms with Gasteiger partial charge in [0.05, 0.1) is 0 Å². The van der Waals surface area contributed by atoms with Crippen molar-refractivity contribution in [1.82, 2.24) is 4.57 Å². The molecule has 0 fully saturated rings. The van der Waals surface area contributed by atoms with Gasteiger partial charge in [-0.3, -0.25) is 9.59 Å². The SMILES string of the molecule is CC(C(=O)Nc1ccc(F)cc1)n1cc(C=O)c2ccccc21. The predicted octanol–water partition coefficient (Wildman–Crippen LogP) is 3.79. The number of fused-ring (bicyclic) bond motifs is 1. The average molecular weight is 310 g/mol. The van der Waals surface area contributed by atoms with Crippen LogP contribution < -0.4 is 5.32 Å². The molecule has 1 unspecified atom stereocenters. The zero-order chi connectivity index (χ0) is 16.4. The van der Waals surface area contributed by atoms with E-state index in [1.807, 2.05) is 24.3 Å². The highest BCUT2D eigenvalue weighted by Gasteiger charge is 2.18. The smallest absolute Gasteiger partial charge is 0.247 e. The van der Waals surface area contributed by atoms with Gasteiger partial charge in [-0.2, -0.15) is 0 Å². The van der Waals surface area contributed by atoms with Crippen LogP contribution in [0, 0.1) is 5.82 Å². The van der Waals surface area contributed by atoms with Crippen LogP contribution in [0.4, 0.5) is 10.1 Å². The van der Waals surface area contributed by atoms with Crippen LogP contribution in [0.3, 0.4) is 0 Å². The molecule has 1 N–H and O–H groups in total. The zero-order valence-corrected chi connectivity index (χ0v) is 12.5. The van der Waals surface area contributed by atoms with E-state index in [0.717, 1.165) is 17.2 Å². The van der Waals surface area contributed by atoms with Gasteiger partial charge in [0, 0.05) is 28.4 Å². The zero-order valence-electron chi connectivity index (χ0n) is 12.5. The maximum absolute atomic E-state index is 12.9. The fraction of sp³-hybridized carbons (Fsp3) is 0.111. The Morgan fingerprint density at radius 3 is 2.57 bits per heavy atom. The third-order valence-electron chi connectivity index (χ3n) is 3.81. The topological polar surface area (TPSA) is 51.1 Å². The summed E-state index contributed by atoms with van der Waals surface area (Å²) in [4.78, 5) is 23.6. The van der Waals surface area contributed by atoms with Crippen LogP contribution in [0.5, 0.6) is 0 Å². The summed E-state index contributed by atoms with van der Waals surface area (Å²) in [5, 5.41) is 3.55. The lowest BCUT2D eigenvalue weighted by Gasteiger charge is -2.15. The van der Waals surface area contributed by atoms with E-state index < -0.39 is 6.04 Å². The maximum Gasteiger partial charge on any atom is 0.247 e. The summed E-state index contributed by atoms with van der Waals surface area (Å²) in [6, 6.07) is 12.5. The molecule has 2 aromatic carbocycles. The van der Waals surface area contributed by atoms with Crippen molar-refractivity contribution in [2.75, 3.05) is 5.32 Å². The lowest BCUT2D eigenvalue weighted by molar-refractivity contribution is -0.118. The van der Waals surface area contributed by atoms with Crippen molar-refractivity contribution in [1.29, 1.82) is 0 Å². The molecule has 23 heavy (non-hydrogen) atoms. The molecule has 1 atom stereocenters. The fourth-order valence-corrected chi connectivity index (χ4v) is 2.55. The molecule has 116 valence electrons. The molecule has 1 aromatic heterocycles. The molecule has 4 nitrogen and oxygen atoms in total. The maximum atomic E-state index is 12.9. The first-order valence-electron chi connectivity index (χ1n) is 7.21. The van der Waals surface area contributed by atoms with Crippen LogP contribution in [0.1, 0.15) is 23.3 Å². The molecule has 0 radical (unpaired) electrons. The van der Waals surface area contributed by atoms with E-state index in [2.05, 4.69) is 5.32 Å². The number of aldehydes is 1. The van der Waals surface area contributed by atoms with Gasteiger partial charge in [0.15, 0.2) is 6.29 Å². The Bertz CT molecular complexity index is 868. The molecule has 0 aliphatic carbocycles. The number of carbonyl (C=O) groups excluding carboxylic acids is 2. The van der Waals surface area contributed by atoms with E-state index in [0.29, 0.717) is 11.3 Å². The van der Waals surface area contributed by atoms with E-state index in [4.69, 9.17) is 0 Å². The van der Waals surface area contributed by atoms with Crippen LogP contribution in [0.15, 0.2) is 54.7 Å². The summed E-state index contributed by atoms with van der Waals surface area (Å²) in [5.74, 6) is -0.599. The summed E-state index contributed by atoms with van der Waals surface area (Å²) >= 11 is 0. The molecular weight excluding hydrogens is 295 g/mol. The molecule has 5 heteroatoms. The van der Waals surface area contributed by atoms with Gasteiger partial charge in [0.25, 0.3) is 0 Å². The highest BCUT2D eigenvalue weighted by atomic mass is 19.1. The Labute approximate surface area is 132 Å². The standard InChI is InChI=1S/C18H15FN2O2/c1-12(18(23)20-15-8-6-14(19)7-9-15)21-10-13(11-22)16-4-2-3-5-17(16)21/h2-12H,1H3,(H,20,23). The Kier molecular flexibility index (Phi) is 3.93. The predicted molar refractivity (Wildman–Crippen MR) is 87.1 cm³/mol. The second-order valence-corrected chi connectivity index (χ2v) is 5.30. The van der Waals surface area contributed by atoms with E-state index in [1.165, 1.54) is 24.3 Å². The summed E-state index contributed by atoms with van der Waals surface area (Å²) in [6.45, 7) is 1.75. The van der Waals surface area contributed by atoms with Gasteiger partial charge in [-0.05, 0) is 37.3 Å². The number of anilines is 1. The minimum atomic E-state index is -0.515. The Balaban J connectivity index is 1.90. The lowest BCUT2D eigenvalue weighted by atomic mass is 10.2. The van der Waals surface area contributed by atoms with Gasteiger partial charge in [-0.1, -0.05) is 18.2 Å². The van der Waals surface area contributed by atoms with E-state index in [9.17, 15) is 14.0 Å². The Hall–Kier alpha value is -2.95. The molecule has 0 spiro atoms. The van der Waals surface area contributed by atoms with Gasteiger partial charge in [-0.25, -0.2) is 4.39 Å². The highest BCUT2D eigenvalue weighted by Crippen LogP contribution is 2.24. The molecule has 0 bridgehead atoms. The van der Waals surface area contributed by atoms with Crippen molar-refractivity contribution in [2.24, 2.45) is 0 Å². The number of hydrogen-bond donors (Lipinski definition) is 1. The Morgan fingerprint density at radius 1 is 1.17 bits per heavy atom. The van der Waals surface area contributed by atoms with Gasteiger partial charge in [0.2, 0.25) is 5.91 Å². The molecular formula is C18H15FN2O2. The van der Waals surface area contributed by atoms with E-state index >= 15 is 0 Å². The average Bonchev–Trinajstić information content (AvgIpc) is 2.95. The minimum Gasteiger partial charge on any atom is -0.335 e. The second kappa shape index (κ2) is 6.04. The van der Waals surface area contributed by atoms with Gasteiger partial charge in [-0.15, -0.1) is 0 Å². The number of rotatable bonds is 4. The number of nitrogens with zero attached hydrogens (tertiary/aromatic N) is 1. The molecule has 0 saturated heterocycles. The van der Waals surface area contributed by atoms with E-state index in [-0.39, 0.29) is 11.7 Å². The number of amides is 1. The van der Waals surface area contributed by atoms with Crippen LogP contribution >= 0.6 is 0 Å². The van der Waals surface area contributed by atoms with Crippen LogP contribution in [0.25, 0.3) is 10.9 Å². The molecule has 3 aromatic rings. The lowest BCUT2D eigenvalue weighted by Crippen LogP contribution is -2.23. The van der Waals surface area contributed by atoms with Crippen LogP contribution in [-0.2, 0) is 4.79 Å². The number of benzene rings is 2. The molecule has 0 aliphatic rings. The highest BCUT2D eigenvalue weighted by molar-refractivity contribution is 6.00. The van der Waals surface area contributed by atoms with Crippen LogP contribution in [0.2, 0.25) is 0 Å². The van der Waals surface area contributed by atoms with Crippen molar-refractivity contribution in [2.45, 2.75) is 13.0 Å². The van der Waals surface area contributed by atoms with Crippen molar-refractivity contribution < 1.29 is 14.0 Å². The summed E-state index contributed by atoms with van der Waals surface area (Å²) in [6.07, 6.45) is 2.45. The fourth-order valence-electron chi connectivity index (χ4n) is 2.55. The largest absolute Gasteiger partial charge is 0.335 e. The molecule has 1 amide bonds. The summed E-state index contributed by atoms with van der Waals surface area (Å²) in [7, 11) is 0. The first kappa shape index (κ1) is 15.0. The molecule has 0 aliphatic heterocycles. The first-order valence-corrected chi connectivity index (χ1v) is 7.21. The van der Waals surface area contributed by atoms with Gasteiger partial charge in [0.1, 0.15) is 11.9 Å². The van der Waals surface area contributed by atoms with Crippen LogP contribution in [-0.4, -0.2) is 16.8 Å². The Morgan fingerprint density at radius 2 is 1.87 bits per heavy atom. The number of carbonyl (C=O) groups is 2. The second-order valence-electron chi connectivity index (χ2n) is 5.30. The summed E-state index contributed by atoms with van der Waals surface area (Å²) < 4.78 is 14.7. The number of hydrogen-bond acceptors (Lipinski definition) is 2. The van der Waals surface area contributed by atoms with Crippen molar-refractivity contribution >= 4 is 28.8 Å². The minimum absolute atomic E-state index is 0.241. The van der Waals surface area contributed by atoms with Crippen molar-refractivity contribution in [3.63, 3.8) is 0 Å². The number of aromatic nitrogens is 1. The number of nitrogens with one attached hydrogen (secondary N) is 1. The van der Waals surface area contributed by atoms with Gasteiger partial charge >= 0.3 is 0 Å². The molecule has 0 saturated carbocycles. The normalized spacial score (nSPS) is 12.1.